The molecule has 2 aromatic heterocycles. The largest absolute Gasteiger partial charge is 0.351 e. The highest BCUT2D eigenvalue weighted by atomic mass is 35.5. The first-order chi connectivity index (χ1) is 16.3. The minimum Gasteiger partial charge on any atom is -0.351 e. The summed E-state index contributed by atoms with van der Waals surface area (Å²) in [5.41, 5.74) is 2.13. The number of rotatable bonds is 4. The van der Waals surface area contributed by atoms with Crippen molar-refractivity contribution in [3.8, 4) is 0 Å². The van der Waals surface area contributed by atoms with E-state index in [-0.39, 0.29) is 24.1 Å². The number of nitrogens with one attached hydrogen (secondary N) is 3. The Morgan fingerprint density at radius 1 is 1.18 bits per heavy atom. The summed E-state index contributed by atoms with van der Waals surface area (Å²) in [5, 5.41) is 7.76. The van der Waals surface area contributed by atoms with Gasteiger partial charge in [0.25, 0.3) is 11.8 Å². The molecule has 1 aromatic carbocycles. The van der Waals surface area contributed by atoms with E-state index in [0.717, 1.165) is 41.0 Å². The molecule has 178 valence electrons. The summed E-state index contributed by atoms with van der Waals surface area (Å²) < 4.78 is 0. The molecule has 2 unspecified atom stereocenters. The Labute approximate surface area is 205 Å². The molecule has 1 fully saturated rings. The fourth-order valence-electron chi connectivity index (χ4n) is 4.43. The molecule has 3 amide bonds. The van der Waals surface area contributed by atoms with Gasteiger partial charge in [-0.15, -0.1) is 11.3 Å². The summed E-state index contributed by atoms with van der Waals surface area (Å²) in [6, 6.07) is 6.06. The first-order valence-corrected chi connectivity index (χ1v) is 12.3. The van der Waals surface area contributed by atoms with Crippen LogP contribution in [0.2, 0.25) is 5.02 Å². The highest BCUT2D eigenvalue weighted by Crippen LogP contribution is 2.25. The van der Waals surface area contributed by atoms with Gasteiger partial charge in [-0.05, 0) is 31.3 Å². The van der Waals surface area contributed by atoms with Crippen molar-refractivity contribution in [2.24, 2.45) is 0 Å². The lowest BCUT2D eigenvalue weighted by Gasteiger charge is -2.36. The molecule has 9 nitrogen and oxygen atoms in total. The molecule has 2 aliphatic heterocycles. The number of piperidine rings is 1. The summed E-state index contributed by atoms with van der Waals surface area (Å²) in [6.07, 6.45) is 0.920. The molecular weight excluding hydrogens is 476 g/mol. The molecule has 4 heterocycles. The molecule has 1 saturated heterocycles. The summed E-state index contributed by atoms with van der Waals surface area (Å²) in [5.74, 6) is -0.719. The predicted octanol–water partition coefficient (Wildman–Crippen LogP) is 2.02. The topological polar surface area (TPSA) is 110 Å². The van der Waals surface area contributed by atoms with E-state index in [1.54, 1.807) is 30.1 Å². The summed E-state index contributed by atoms with van der Waals surface area (Å²) in [7, 11) is 3.74. The molecule has 11 heteroatoms. The Balaban J connectivity index is 1.32. The van der Waals surface area contributed by atoms with Crippen LogP contribution in [0.15, 0.2) is 24.3 Å². The number of H-pyrrole nitrogens is 1. The maximum absolute atomic E-state index is 13.0. The fourth-order valence-corrected chi connectivity index (χ4v) is 5.70. The first kappa shape index (κ1) is 22.8. The fraction of sp³-hybridized carbons (Fsp3) is 0.391. The average Bonchev–Trinajstić information content (AvgIpc) is 3.40. The van der Waals surface area contributed by atoms with Gasteiger partial charge >= 0.3 is 0 Å². The van der Waals surface area contributed by atoms with E-state index in [1.165, 1.54) is 11.3 Å². The van der Waals surface area contributed by atoms with Crippen LogP contribution in [0.3, 0.4) is 0 Å². The minimum atomic E-state index is -0.545. The van der Waals surface area contributed by atoms with Crippen LogP contribution in [0.4, 0.5) is 0 Å². The predicted molar refractivity (Wildman–Crippen MR) is 130 cm³/mol. The third kappa shape index (κ3) is 4.53. The van der Waals surface area contributed by atoms with Crippen LogP contribution in [-0.2, 0) is 17.8 Å². The number of aromatic nitrogens is 2. The van der Waals surface area contributed by atoms with Gasteiger partial charge in [-0.1, -0.05) is 11.6 Å². The Bertz CT molecular complexity index is 1290. The van der Waals surface area contributed by atoms with E-state index in [4.69, 9.17) is 11.6 Å². The Kier molecular flexibility index (Phi) is 6.05. The van der Waals surface area contributed by atoms with Gasteiger partial charge in [0.1, 0.15) is 5.69 Å². The number of likely N-dealkylation sites (N-methyl/N-ethyl adjacent to an activating group) is 2. The van der Waals surface area contributed by atoms with Crippen LogP contribution in [-0.4, -0.2) is 76.8 Å². The van der Waals surface area contributed by atoms with Gasteiger partial charge in [0.05, 0.1) is 17.8 Å². The molecule has 34 heavy (non-hydrogen) atoms. The smallest absolute Gasteiger partial charge is 0.280 e. The number of benzene rings is 1. The molecule has 0 aliphatic carbocycles. The molecule has 0 saturated carbocycles. The zero-order chi connectivity index (χ0) is 24.0. The molecule has 0 spiro atoms. The van der Waals surface area contributed by atoms with Crippen LogP contribution in [0.5, 0.6) is 0 Å². The van der Waals surface area contributed by atoms with Crippen LogP contribution < -0.4 is 10.6 Å². The number of carbonyl (C=O) groups is 3. The van der Waals surface area contributed by atoms with Crippen LogP contribution in [0, 0.1) is 0 Å². The second kappa shape index (κ2) is 9.01. The highest BCUT2D eigenvalue weighted by Gasteiger charge is 2.35. The van der Waals surface area contributed by atoms with Gasteiger partial charge in [0.15, 0.2) is 5.01 Å². The Hall–Kier alpha value is -2.95. The van der Waals surface area contributed by atoms with Gasteiger partial charge in [-0.3, -0.25) is 14.4 Å². The highest BCUT2D eigenvalue weighted by molar-refractivity contribution is 7.13. The van der Waals surface area contributed by atoms with Gasteiger partial charge < -0.3 is 25.4 Å². The van der Waals surface area contributed by atoms with E-state index in [1.807, 2.05) is 13.1 Å². The van der Waals surface area contributed by atoms with Gasteiger partial charge in [0, 0.05) is 60.3 Å². The molecule has 3 N–H and O–H groups in total. The van der Waals surface area contributed by atoms with Crippen molar-refractivity contribution in [3.63, 3.8) is 0 Å². The van der Waals surface area contributed by atoms with E-state index >= 15 is 0 Å². The van der Waals surface area contributed by atoms with E-state index in [2.05, 4.69) is 25.5 Å². The summed E-state index contributed by atoms with van der Waals surface area (Å²) >= 11 is 7.45. The van der Waals surface area contributed by atoms with Crippen LogP contribution in [0.25, 0.3) is 10.9 Å². The number of amides is 3. The monoisotopic (exact) mass is 500 g/mol. The van der Waals surface area contributed by atoms with Crippen molar-refractivity contribution in [1.29, 1.82) is 0 Å². The van der Waals surface area contributed by atoms with Crippen LogP contribution >= 0.6 is 22.9 Å². The zero-order valence-corrected chi connectivity index (χ0v) is 20.4. The van der Waals surface area contributed by atoms with Gasteiger partial charge in [-0.25, -0.2) is 4.98 Å². The molecule has 2 aliphatic rings. The van der Waals surface area contributed by atoms with Crippen LogP contribution in [0.1, 0.15) is 37.3 Å². The number of carbonyl (C=O) groups excluding carboxylic acids is 3. The third-order valence-corrected chi connectivity index (χ3v) is 7.67. The lowest BCUT2D eigenvalue weighted by molar-refractivity contribution is -0.133. The molecule has 2 atom stereocenters. The van der Waals surface area contributed by atoms with E-state index < -0.39 is 12.1 Å². The van der Waals surface area contributed by atoms with E-state index in [0.29, 0.717) is 22.3 Å². The molecular formula is C23H25ClN6O3S. The number of hydrogen-bond acceptors (Lipinski definition) is 6. The van der Waals surface area contributed by atoms with Gasteiger partial charge in [-0.2, -0.15) is 0 Å². The van der Waals surface area contributed by atoms with Crippen molar-refractivity contribution < 1.29 is 14.4 Å². The second-order valence-electron chi connectivity index (χ2n) is 8.93. The molecule has 3 aromatic rings. The minimum absolute atomic E-state index is 0.0908. The van der Waals surface area contributed by atoms with Crippen molar-refractivity contribution in [2.45, 2.75) is 31.5 Å². The number of fused-ring (bicyclic) bond motifs is 2. The molecule has 0 radical (unpaired) electrons. The zero-order valence-electron chi connectivity index (χ0n) is 18.9. The van der Waals surface area contributed by atoms with Crippen molar-refractivity contribution >= 4 is 51.6 Å². The lowest BCUT2D eigenvalue weighted by atomic mass is 9.98. The lowest BCUT2D eigenvalue weighted by Crippen LogP contribution is -2.61. The quantitative estimate of drug-likeness (QED) is 0.507. The summed E-state index contributed by atoms with van der Waals surface area (Å²) in [6.45, 7) is 2.00. The maximum atomic E-state index is 13.0. The second-order valence-corrected chi connectivity index (χ2v) is 10.4. The van der Waals surface area contributed by atoms with Crippen molar-refractivity contribution in [1.82, 2.24) is 30.4 Å². The molecule has 5 rings (SSSR count). The van der Waals surface area contributed by atoms with Crippen molar-refractivity contribution in [3.05, 3.63) is 50.6 Å². The van der Waals surface area contributed by atoms with E-state index in [9.17, 15) is 14.4 Å². The third-order valence-electron chi connectivity index (χ3n) is 6.35. The molecule has 0 bridgehead atoms. The number of thiazole rings is 1. The summed E-state index contributed by atoms with van der Waals surface area (Å²) in [4.78, 5) is 50.9. The maximum Gasteiger partial charge on any atom is 0.280 e. The Morgan fingerprint density at radius 3 is 2.79 bits per heavy atom. The standard InChI is InChI=1S/C23H25ClN6O3S/c1-29-6-5-15-19(11-29)34-23(28-15)22(33)27-18-10-30(2)20(31)9-16(18)26-21(32)17-8-12-7-13(24)3-4-14(12)25-17/h3-4,7-8,16,18,25H,5-6,9-11H2,1-2H3,(H,26,32)(H,27,33). The van der Waals surface area contributed by atoms with Gasteiger partial charge in [0.2, 0.25) is 5.91 Å². The average molecular weight is 501 g/mol. The number of likely N-dealkylation sites (tertiary alicyclic amines) is 1. The first-order valence-electron chi connectivity index (χ1n) is 11.1. The SMILES string of the molecule is CN1CCc2nc(C(=O)NC3CN(C)C(=O)CC3NC(=O)c3cc4cc(Cl)ccc4[nH]3)sc2C1. The number of aromatic amines is 1. The van der Waals surface area contributed by atoms with Crippen molar-refractivity contribution in [2.75, 3.05) is 27.2 Å². The number of halogens is 1. The normalized spacial score (nSPS) is 20.9. The Morgan fingerprint density at radius 2 is 1.97 bits per heavy atom. The number of nitrogens with zero attached hydrogens (tertiary/aromatic N) is 3. The number of hydrogen-bond donors (Lipinski definition) is 3.